The Morgan fingerprint density at radius 3 is 2.49 bits per heavy atom. The van der Waals surface area contributed by atoms with Crippen molar-refractivity contribution in [3.63, 3.8) is 0 Å². The van der Waals surface area contributed by atoms with Crippen molar-refractivity contribution < 1.29 is 13.5 Å². The number of fused-ring (bicyclic) bond motifs is 1. The molecule has 0 saturated carbocycles. The number of ether oxygens (including phenoxy) is 1. The van der Waals surface area contributed by atoms with Gasteiger partial charge in [-0.05, 0) is 42.7 Å². The fourth-order valence-corrected chi connectivity index (χ4v) is 5.59. The molecule has 1 saturated heterocycles. The summed E-state index contributed by atoms with van der Waals surface area (Å²) in [6, 6.07) is 23.7. The van der Waals surface area contributed by atoms with Crippen LogP contribution in [0.25, 0.3) is 33.5 Å². The highest BCUT2D eigenvalue weighted by Gasteiger charge is 2.23. The molecule has 5 nitrogen and oxygen atoms in total. The Morgan fingerprint density at radius 2 is 1.70 bits per heavy atom. The maximum atomic E-state index is 13.8. The highest BCUT2D eigenvalue weighted by Crippen LogP contribution is 2.34. The fourth-order valence-electron chi connectivity index (χ4n) is 4.71. The summed E-state index contributed by atoms with van der Waals surface area (Å²) in [6.45, 7) is 1.34. The lowest BCUT2D eigenvalue weighted by Gasteiger charge is -2.16. The Bertz CT molecular complexity index is 1530. The van der Waals surface area contributed by atoms with E-state index in [0.717, 1.165) is 59.1 Å². The van der Waals surface area contributed by atoms with E-state index in [9.17, 15) is 8.78 Å². The third-order valence-electron chi connectivity index (χ3n) is 6.44. The predicted molar refractivity (Wildman–Crippen MR) is 141 cm³/mol. The van der Waals surface area contributed by atoms with Crippen molar-refractivity contribution in [3.8, 4) is 22.6 Å². The molecule has 0 unspecified atom stereocenters. The van der Waals surface area contributed by atoms with Crippen LogP contribution in [-0.2, 0) is 17.0 Å². The number of hydrogen-bond donors (Lipinski definition) is 0. The standard InChI is InChI=1S/C29H24F2N4OS/c30-21-13-19(14-22(31)15-21)18-37-29-34-33-28(35(29)17-23-9-6-12-36-23)25-16-27(20-7-2-1-3-8-20)32-26-11-5-4-10-24(25)26/h1-5,7-8,10-11,13-16,23H,6,9,12,17-18H2/t23-/m1/s1. The highest BCUT2D eigenvalue weighted by molar-refractivity contribution is 7.98. The molecule has 2 aromatic heterocycles. The summed E-state index contributed by atoms with van der Waals surface area (Å²) in [7, 11) is 0. The normalized spacial score (nSPS) is 15.5. The smallest absolute Gasteiger partial charge is 0.191 e. The van der Waals surface area contributed by atoms with Crippen LogP contribution in [0.5, 0.6) is 0 Å². The van der Waals surface area contributed by atoms with E-state index in [1.165, 1.54) is 23.9 Å². The maximum absolute atomic E-state index is 13.8. The van der Waals surface area contributed by atoms with Gasteiger partial charge in [-0.15, -0.1) is 10.2 Å². The van der Waals surface area contributed by atoms with Crippen molar-refractivity contribution >= 4 is 22.7 Å². The maximum Gasteiger partial charge on any atom is 0.191 e. The minimum Gasteiger partial charge on any atom is -0.376 e. The lowest BCUT2D eigenvalue weighted by Crippen LogP contribution is -2.16. The van der Waals surface area contributed by atoms with E-state index in [1.807, 2.05) is 54.6 Å². The van der Waals surface area contributed by atoms with Gasteiger partial charge in [0.15, 0.2) is 11.0 Å². The molecule has 3 heterocycles. The number of hydrogen-bond acceptors (Lipinski definition) is 5. The van der Waals surface area contributed by atoms with E-state index >= 15 is 0 Å². The first-order valence-corrected chi connectivity index (χ1v) is 13.2. The molecular weight excluding hydrogens is 490 g/mol. The summed E-state index contributed by atoms with van der Waals surface area (Å²) < 4.78 is 35.5. The molecule has 1 aliphatic heterocycles. The van der Waals surface area contributed by atoms with Crippen LogP contribution >= 0.6 is 11.8 Å². The first-order chi connectivity index (χ1) is 18.1. The first kappa shape index (κ1) is 23.8. The van der Waals surface area contributed by atoms with Gasteiger partial charge in [-0.2, -0.15) is 0 Å². The largest absolute Gasteiger partial charge is 0.376 e. The first-order valence-electron chi connectivity index (χ1n) is 12.2. The minimum atomic E-state index is -0.589. The Hall–Kier alpha value is -3.62. The second kappa shape index (κ2) is 10.4. The number of nitrogens with zero attached hydrogens (tertiary/aromatic N) is 4. The summed E-state index contributed by atoms with van der Waals surface area (Å²) in [4.78, 5) is 4.91. The topological polar surface area (TPSA) is 52.8 Å². The Balaban J connectivity index is 1.44. The van der Waals surface area contributed by atoms with E-state index in [1.54, 1.807) is 0 Å². The molecule has 6 rings (SSSR count). The molecule has 5 aromatic rings. The molecule has 1 fully saturated rings. The fraction of sp³-hybridized carbons (Fsp3) is 0.207. The average molecular weight is 515 g/mol. The summed E-state index contributed by atoms with van der Waals surface area (Å²) in [5, 5.41) is 10.8. The van der Waals surface area contributed by atoms with Crippen LogP contribution in [-0.4, -0.2) is 32.5 Å². The van der Waals surface area contributed by atoms with Gasteiger partial charge in [0.25, 0.3) is 0 Å². The van der Waals surface area contributed by atoms with Gasteiger partial charge in [0.2, 0.25) is 0 Å². The Morgan fingerprint density at radius 1 is 0.919 bits per heavy atom. The Kier molecular flexibility index (Phi) is 6.68. The number of thioether (sulfide) groups is 1. The van der Waals surface area contributed by atoms with Gasteiger partial charge in [0, 0.05) is 34.9 Å². The van der Waals surface area contributed by atoms with Gasteiger partial charge in [0.1, 0.15) is 11.6 Å². The quantitative estimate of drug-likeness (QED) is 0.221. The molecular formula is C29H24F2N4OS. The van der Waals surface area contributed by atoms with Crippen LogP contribution in [0.3, 0.4) is 0 Å². The molecule has 0 radical (unpaired) electrons. The van der Waals surface area contributed by atoms with Gasteiger partial charge in [0.05, 0.1) is 23.9 Å². The number of rotatable bonds is 7. The van der Waals surface area contributed by atoms with Crippen molar-refractivity contribution in [1.29, 1.82) is 0 Å². The van der Waals surface area contributed by atoms with Crippen LogP contribution in [0.4, 0.5) is 8.78 Å². The molecule has 0 amide bonds. The van der Waals surface area contributed by atoms with Gasteiger partial charge >= 0.3 is 0 Å². The lowest BCUT2D eigenvalue weighted by atomic mass is 10.0. The molecule has 0 spiro atoms. The second-order valence-corrected chi connectivity index (χ2v) is 10.00. The molecule has 0 aliphatic carbocycles. The third-order valence-corrected chi connectivity index (χ3v) is 7.48. The van der Waals surface area contributed by atoms with Crippen LogP contribution in [0, 0.1) is 11.6 Å². The predicted octanol–water partition coefficient (Wildman–Crippen LogP) is 6.91. The van der Waals surface area contributed by atoms with Crippen LogP contribution in [0.2, 0.25) is 0 Å². The van der Waals surface area contributed by atoms with E-state index in [2.05, 4.69) is 20.8 Å². The van der Waals surface area contributed by atoms with Gasteiger partial charge in [-0.25, -0.2) is 13.8 Å². The Labute approximate surface area is 217 Å². The van der Waals surface area contributed by atoms with Crippen LogP contribution in [0.15, 0.2) is 84.0 Å². The molecule has 186 valence electrons. The molecule has 3 aromatic carbocycles. The van der Waals surface area contributed by atoms with Gasteiger partial charge < -0.3 is 4.74 Å². The van der Waals surface area contributed by atoms with Crippen molar-refractivity contribution in [2.45, 2.75) is 36.4 Å². The van der Waals surface area contributed by atoms with E-state index < -0.39 is 11.6 Å². The van der Waals surface area contributed by atoms with E-state index in [0.29, 0.717) is 23.0 Å². The number of para-hydroxylation sites is 1. The number of pyridine rings is 1. The van der Waals surface area contributed by atoms with Crippen molar-refractivity contribution in [3.05, 3.63) is 96.1 Å². The van der Waals surface area contributed by atoms with Crippen molar-refractivity contribution in [2.24, 2.45) is 0 Å². The minimum absolute atomic E-state index is 0.0578. The summed E-state index contributed by atoms with van der Waals surface area (Å²) in [6.07, 6.45) is 2.04. The molecule has 1 aliphatic rings. The summed E-state index contributed by atoms with van der Waals surface area (Å²) >= 11 is 1.41. The van der Waals surface area contributed by atoms with Gasteiger partial charge in [-0.3, -0.25) is 4.57 Å². The highest BCUT2D eigenvalue weighted by atomic mass is 32.2. The average Bonchev–Trinajstić information content (AvgIpc) is 3.57. The molecule has 0 bridgehead atoms. The molecule has 37 heavy (non-hydrogen) atoms. The number of benzene rings is 3. The summed E-state index contributed by atoms with van der Waals surface area (Å²) in [5.74, 6) is -0.0909. The molecule has 0 N–H and O–H groups in total. The molecule has 8 heteroatoms. The summed E-state index contributed by atoms with van der Waals surface area (Å²) in [5.41, 5.74) is 4.22. The zero-order valence-corrected chi connectivity index (χ0v) is 20.8. The van der Waals surface area contributed by atoms with Crippen molar-refractivity contribution in [1.82, 2.24) is 19.7 Å². The van der Waals surface area contributed by atoms with Crippen LogP contribution < -0.4 is 0 Å². The second-order valence-electron chi connectivity index (χ2n) is 9.06. The zero-order chi connectivity index (χ0) is 25.2. The van der Waals surface area contributed by atoms with E-state index in [4.69, 9.17) is 9.72 Å². The number of halogens is 2. The lowest BCUT2D eigenvalue weighted by molar-refractivity contribution is 0.0953. The van der Waals surface area contributed by atoms with Crippen LogP contribution in [0.1, 0.15) is 18.4 Å². The number of aromatic nitrogens is 4. The monoisotopic (exact) mass is 514 g/mol. The van der Waals surface area contributed by atoms with Gasteiger partial charge in [-0.1, -0.05) is 60.3 Å². The zero-order valence-electron chi connectivity index (χ0n) is 20.0. The van der Waals surface area contributed by atoms with Crippen molar-refractivity contribution in [2.75, 3.05) is 6.61 Å². The third kappa shape index (κ3) is 5.12. The SMILES string of the molecule is Fc1cc(F)cc(CSc2nnc(-c3cc(-c4ccccc4)nc4ccccc34)n2C[C@H]2CCCO2)c1. The molecule has 1 atom stereocenters. The van der Waals surface area contributed by atoms with E-state index in [-0.39, 0.29) is 6.10 Å².